The number of ether oxygens (including phenoxy) is 1. The van der Waals surface area contributed by atoms with Crippen LogP contribution in [-0.4, -0.2) is 37.3 Å². The Morgan fingerprint density at radius 1 is 1.53 bits per heavy atom. The summed E-state index contributed by atoms with van der Waals surface area (Å²) in [5.41, 5.74) is 0.899. The van der Waals surface area contributed by atoms with E-state index in [0.717, 1.165) is 31.1 Å². The Morgan fingerprint density at radius 2 is 2.32 bits per heavy atom. The van der Waals surface area contributed by atoms with Crippen LogP contribution in [0.1, 0.15) is 26.0 Å². The van der Waals surface area contributed by atoms with Crippen molar-refractivity contribution in [2.24, 2.45) is 0 Å². The van der Waals surface area contributed by atoms with E-state index in [-0.39, 0.29) is 6.10 Å². The van der Waals surface area contributed by atoms with Crippen LogP contribution >= 0.6 is 11.6 Å². The lowest BCUT2D eigenvalue weighted by Crippen LogP contribution is -2.49. The summed E-state index contributed by atoms with van der Waals surface area (Å²) in [6.45, 7) is 6.61. The van der Waals surface area contributed by atoms with Crippen LogP contribution in [0.25, 0.3) is 0 Å². The molecular weight excluding hydrogens is 262 g/mol. The fourth-order valence-electron chi connectivity index (χ4n) is 2.39. The molecule has 1 saturated heterocycles. The summed E-state index contributed by atoms with van der Waals surface area (Å²) >= 11 is 6.17. The minimum absolute atomic E-state index is 0.244. The Morgan fingerprint density at radius 3 is 3.00 bits per heavy atom. The number of anilines is 1. The predicted octanol–water partition coefficient (Wildman–Crippen LogP) is 2.46. The molecule has 1 aliphatic heterocycles. The van der Waals surface area contributed by atoms with Crippen LogP contribution < -0.4 is 10.2 Å². The topological polar surface area (TPSA) is 37.4 Å². The van der Waals surface area contributed by atoms with Crippen molar-refractivity contribution in [2.75, 3.05) is 25.1 Å². The second kappa shape index (κ2) is 6.55. The van der Waals surface area contributed by atoms with Gasteiger partial charge in [0.2, 0.25) is 0 Å². The molecule has 1 N–H and O–H groups in total. The maximum Gasteiger partial charge on any atom is 0.129 e. The minimum atomic E-state index is 0.244. The minimum Gasteiger partial charge on any atom is -0.375 e. The summed E-state index contributed by atoms with van der Waals surface area (Å²) in [5, 5.41) is 3.81. The molecule has 5 heteroatoms. The largest absolute Gasteiger partial charge is 0.375 e. The van der Waals surface area contributed by atoms with Gasteiger partial charge in [0, 0.05) is 13.1 Å². The molecule has 0 aliphatic carbocycles. The molecule has 0 radical (unpaired) electrons. The van der Waals surface area contributed by atoms with Gasteiger partial charge in [0.25, 0.3) is 0 Å². The average Bonchev–Trinajstić information content (AvgIpc) is 2.41. The summed E-state index contributed by atoms with van der Waals surface area (Å²) in [6.07, 6.45) is 1.30. The molecule has 1 aliphatic rings. The lowest BCUT2D eigenvalue weighted by atomic mass is 10.1. The lowest BCUT2D eigenvalue weighted by molar-refractivity contribution is 0.0296. The monoisotopic (exact) mass is 283 g/mol. The maximum absolute atomic E-state index is 6.17. The first-order chi connectivity index (χ1) is 9.15. The Bertz CT molecular complexity index is 427. The molecule has 19 heavy (non-hydrogen) atoms. The van der Waals surface area contributed by atoms with Gasteiger partial charge in [-0.05, 0) is 32.5 Å². The predicted molar refractivity (Wildman–Crippen MR) is 78.8 cm³/mol. The molecule has 0 aromatic carbocycles. The van der Waals surface area contributed by atoms with Crippen molar-refractivity contribution >= 4 is 17.4 Å². The highest BCUT2D eigenvalue weighted by Gasteiger charge is 2.26. The molecule has 2 unspecified atom stereocenters. The number of halogens is 1. The van der Waals surface area contributed by atoms with Crippen LogP contribution in [0, 0.1) is 0 Å². The number of hydrogen-bond donors (Lipinski definition) is 1. The van der Waals surface area contributed by atoms with Crippen LogP contribution in [0.3, 0.4) is 0 Å². The first-order valence-electron chi connectivity index (χ1n) is 6.84. The number of pyridine rings is 1. The second-order valence-corrected chi connectivity index (χ2v) is 5.39. The van der Waals surface area contributed by atoms with Crippen molar-refractivity contribution in [3.8, 4) is 0 Å². The van der Waals surface area contributed by atoms with Gasteiger partial charge >= 0.3 is 0 Å². The molecule has 4 nitrogen and oxygen atoms in total. The molecule has 0 saturated carbocycles. The van der Waals surface area contributed by atoms with Crippen LogP contribution in [0.5, 0.6) is 0 Å². The molecule has 0 spiro atoms. The Balaban J connectivity index is 2.25. The number of rotatable bonds is 4. The zero-order valence-corrected chi connectivity index (χ0v) is 12.6. The van der Waals surface area contributed by atoms with E-state index in [0.29, 0.717) is 17.6 Å². The molecular formula is C14H22ClN3O. The molecule has 2 atom stereocenters. The van der Waals surface area contributed by atoms with Gasteiger partial charge in [-0.2, -0.15) is 0 Å². The lowest BCUT2D eigenvalue weighted by Gasteiger charge is -2.39. The fraction of sp³-hybridized carbons (Fsp3) is 0.643. The van der Waals surface area contributed by atoms with E-state index in [9.17, 15) is 0 Å². The highest BCUT2D eigenvalue weighted by molar-refractivity contribution is 6.31. The molecule has 1 aromatic rings. The SMILES string of the molecule is CCC1COC(C)CN1c1ccc(Cl)c(CNC)n1. The van der Waals surface area contributed by atoms with Crippen LogP contribution in [-0.2, 0) is 11.3 Å². The Hall–Kier alpha value is -0.840. The molecule has 1 fully saturated rings. The van der Waals surface area contributed by atoms with Gasteiger partial charge < -0.3 is 15.0 Å². The fourth-order valence-corrected chi connectivity index (χ4v) is 2.56. The third-order valence-electron chi connectivity index (χ3n) is 3.48. The van der Waals surface area contributed by atoms with E-state index >= 15 is 0 Å². The van der Waals surface area contributed by atoms with Crippen LogP contribution in [0.15, 0.2) is 12.1 Å². The molecule has 1 aromatic heterocycles. The quantitative estimate of drug-likeness (QED) is 0.921. The number of nitrogens with zero attached hydrogens (tertiary/aromatic N) is 2. The van der Waals surface area contributed by atoms with E-state index in [1.807, 2.05) is 19.2 Å². The smallest absolute Gasteiger partial charge is 0.129 e. The number of hydrogen-bond acceptors (Lipinski definition) is 4. The first kappa shape index (κ1) is 14.6. The number of nitrogens with one attached hydrogen (secondary N) is 1. The Labute approximate surface area is 120 Å². The van der Waals surface area contributed by atoms with E-state index < -0.39 is 0 Å². The summed E-state index contributed by atoms with van der Waals surface area (Å²) < 4.78 is 5.73. The number of morpholine rings is 1. The standard InChI is InChI=1S/C14H22ClN3O/c1-4-11-9-19-10(2)8-18(11)14-6-5-12(15)13(17-14)7-16-3/h5-6,10-11,16H,4,7-9H2,1-3H3. The zero-order chi connectivity index (χ0) is 13.8. The van der Waals surface area contributed by atoms with Crippen molar-refractivity contribution in [1.29, 1.82) is 0 Å². The highest BCUT2D eigenvalue weighted by Crippen LogP contribution is 2.24. The zero-order valence-electron chi connectivity index (χ0n) is 11.8. The van der Waals surface area contributed by atoms with Gasteiger partial charge in [-0.15, -0.1) is 0 Å². The summed E-state index contributed by atoms with van der Waals surface area (Å²) in [4.78, 5) is 7.03. The van der Waals surface area contributed by atoms with Gasteiger partial charge in [0.1, 0.15) is 5.82 Å². The van der Waals surface area contributed by atoms with Crippen LogP contribution in [0.4, 0.5) is 5.82 Å². The first-order valence-corrected chi connectivity index (χ1v) is 7.21. The van der Waals surface area contributed by atoms with Gasteiger partial charge in [-0.25, -0.2) is 4.98 Å². The van der Waals surface area contributed by atoms with Gasteiger partial charge in [0.05, 0.1) is 29.5 Å². The van der Waals surface area contributed by atoms with Crippen molar-refractivity contribution in [2.45, 2.75) is 39.0 Å². The van der Waals surface area contributed by atoms with Crippen LogP contribution in [0.2, 0.25) is 5.02 Å². The summed E-state index contributed by atoms with van der Waals surface area (Å²) in [5.74, 6) is 0.997. The highest BCUT2D eigenvalue weighted by atomic mass is 35.5. The summed E-state index contributed by atoms with van der Waals surface area (Å²) in [6, 6.07) is 4.33. The third-order valence-corrected chi connectivity index (χ3v) is 3.83. The van der Waals surface area contributed by atoms with E-state index in [1.165, 1.54) is 0 Å². The van der Waals surface area contributed by atoms with Gasteiger partial charge in [-0.1, -0.05) is 18.5 Å². The van der Waals surface area contributed by atoms with Gasteiger partial charge in [-0.3, -0.25) is 0 Å². The van der Waals surface area contributed by atoms with Gasteiger partial charge in [0.15, 0.2) is 0 Å². The normalized spacial score (nSPS) is 23.7. The van der Waals surface area contributed by atoms with Crippen molar-refractivity contribution < 1.29 is 4.74 Å². The molecule has 0 amide bonds. The molecule has 0 bridgehead atoms. The van der Waals surface area contributed by atoms with E-state index in [1.54, 1.807) is 0 Å². The maximum atomic E-state index is 6.17. The van der Waals surface area contributed by atoms with Crippen molar-refractivity contribution in [1.82, 2.24) is 10.3 Å². The molecule has 2 rings (SSSR count). The Kier molecular flexibility index (Phi) is 5.02. The molecule has 2 heterocycles. The van der Waals surface area contributed by atoms with Crippen molar-refractivity contribution in [3.63, 3.8) is 0 Å². The molecule has 106 valence electrons. The summed E-state index contributed by atoms with van der Waals surface area (Å²) in [7, 11) is 1.90. The average molecular weight is 284 g/mol. The van der Waals surface area contributed by atoms with E-state index in [2.05, 4.69) is 24.1 Å². The van der Waals surface area contributed by atoms with Crippen molar-refractivity contribution in [3.05, 3.63) is 22.8 Å². The third kappa shape index (κ3) is 3.38. The number of aromatic nitrogens is 1. The second-order valence-electron chi connectivity index (χ2n) is 4.99. The van der Waals surface area contributed by atoms with E-state index in [4.69, 9.17) is 21.3 Å².